The third-order valence-corrected chi connectivity index (χ3v) is 6.53. The van der Waals surface area contributed by atoms with Crippen molar-refractivity contribution >= 4 is 86.3 Å². The zero-order valence-corrected chi connectivity index (χ0v) is 21.6. The maximum Gasteiger partial charge on any atom is 0.363 e. The van der Waals surface area contributed by atoms with Crippen LogP contribution >= 0.6 is 68.4 Å². The minimum absolute atomic E-state index is 0.203. The van der Waals surface area contributed by atoms with Crippen LogP contribution in [0.2, 0.25) is 10.0 Å². The molecule has 1 heterocycles. The van der Waals surface area contributed by atoms with Gasteiger partial charge in [-0.1, -0.05) is 47.5 Å². The highest BCUT2D eigenvalue weighted by Crippen LogP contribution is 2.31. The summed E-state index contributed by atoms with van der Waals surface area (Å²) in [5.74, 6) is 0.477. The van der Waals surface area contributed by atoms with E-state index in [-0.39, 0.29) is 11.6 Å². The third-order valence-electron chi connectivity index (χ3n) is 4.35. The number of ether oxygens (including phenoxy) is 2. The standard InChI is InChI=1S/C23H13Cl2I2NO3/c24-15-7-5-13(6-8-15)12-30-21-18(26)9-14(10-19(21)27)11-20-23(29)31-22(28-20)16-3-1-2-4-17(16)25/h1-11H,12H2/b20-11-. The summed E-state index contributed by atoms with van der Waals surface area (Å²) in [6, 6.07) is 18.5. The summed E-state index contributed by atoms with van der Waals surface area (Å²) in [5, 5.41) is 1.16. The Labute approximate surface area is 216 Å². The first kappa shape index (κ1) is 22.6. The molecule has 0 amide bonds. The van der Waals surface area contributed by atoms with Crippen molar-refractivity contribution in [2.75, 3.05) is 0 Å². The van der Waals surface area contributed by atoms with E-state index in [0.29, 0.717) is 22.2 Å². The number of benzene rings is 3. The molecule has 0 saturated heterocycles. The number of hydrogen-bond donors (Lipinski definition) is 0. The molecule has 3 aromatic carbocycles. The number of halogens is 4. The summed E-state index contributed by atoms with van der Waals surface area (Å²) < 4.78 is 13.2. The fourth-order valence-corrected chi connectivity index (χ4v) is 5.32. The van der Waals surface area contributed by atoms with Crippen LogP contribution in [0.15, 0.2) is 71.4 Å². The quantitative estimate of drug-likeness (QED) is 0.164. The number of carbonyl (C=O) groups is 1. The van der Waals surface area contributed by atoms with Gasteiger partial charge in [-0.3, -0.25) is 0 Å². The second kappa shape index (κ2) is 9.89. The zero-order valence-electron chi connectivity index (χ0n) is 15.7. The predicted molar refractivity (Wildman–Crippen MR) is 140 cm³/mol. The Morgan fingerprint density at radius 3 is 2.35 bits per heavy atom. The Bertz CT molecular complexity index is 1200. The minimum Gasteiger partial charge on any atom is -0.487 e. The van der Waals surface area contributed by atoms with E-state index in [9.17, 15) is 4.79 Å². The predicted octanol–water partition coefficient (Wildman–Crippen LogP) is 7.13. The molecule has 3 aromatic rings. The summed E-state index contributed by atoms with van der Waals surface area (Å²) in [6.07, 6.45) is 1.69. The molecule has 8 heteroatoms. The SMILES string of the molecule is O=C1OC(c2ccccc2Cl)=N/C1=C\c1cc(I)c(OCc2ccc(Cl)cc2)c(I)c1. The monoisotopic (exact) mass is 675 g/mol. The lowest BCUT2D eigenvalue weighted by molar-refractivity contribution is -0.129. The van der Waals surface area contributed by atoms with E-state index >= 15 is 0 Å². The fraction of sp³-hybridized carbons (Fsp3) is 0.0435. The lowest BCUT2D eigenvalue weighted by Crippen LogP contribution is -2.05. The minimum atomic E-state index is -0.511. The Balaban J connectivity index is 1.56. The highest BCUT2D eigenvalue weighted by Gasteiger charge is 2.25. The average Bonchev–Trinajstić information content (AvgIpc) is 3.09. The molecule has 0 atom stereocenters. The molecule has 0 aliphatic carbocycles. The first-order valence-corrected chi connectivity index (χ1v) is 12.0. The maximum absolute atomic E-state index is 12.3. The lowest BCUT2D eigenvalue weighted by Gasteiger charge is -2.11. The Hall–Kier alpha value is -1.62. The van der Waals surface area contributed by atoms with Gasteiger partial charge in [0.15, 0.2) is 5.70 Å². The van der Waals surface area contributed by atoms with E-state index in [4.69, 9.17) is 32.7 Å². The molecule has 4 rings (SSSR count). The topological polar surface area (TPSA) is 47.9 Å². The first-order valence-electron chi connectivity index (χ1n) is 9.04. The van der Waals surface area contributed by atoms with E-state index in [1.807, 2.05) is 42.5 Å². The Morgan fingerprint density at radius 1 is 1.00 bits per heavy atom. The highest BCUT2D eigenvalue weighted by atomic mass is 127. The second-order valence-electron chi connectivity index (χ2n) is 6.54. The molecule has 0 bridgehead atoms. The normalized spacial score (nSPS) is 14.5. The molecule has 0 N–H and O–H groups in total. The number of rotatable bonds is 5. The summed E-state index contributed by atoms with van der Waals surface area (Å²) >= 11 is 16.6. The molecule has 4 nitrogen and oxygen atoms in total. The van der Waals surface area contributed by atoms with Crippen LogP contribution in [-0.4, -0.2) is 11.9 Å². The average molecular weight is 676 g/mol. The Kier molecular flexibility index (Phi) is 7.20. The number of cyclic esters (lactones) is 1. The van der Waals surface area contributed by atoms with Gasteiger partial charge in [-0.25, -0.2) is 9.79 Å². The van der Waals surface area contributed by atoms with E-state index in [0.717, 1.165) is 24.0 Å². The van der Waals surface area contributed by atoms with Crippen molar-refractivity contribution in [3.05, 3.63) is 100 Å². The third kappa shape index (κ3) is 5.42. The van der Waals surface area contributed by atoms with Crippen LogP contribution < -0.4 is 4.74 Å². The summed E-state index contributed by atoms with van der Waals surface area (Å²) in [4.78, 5) is 16.6. The summed E-state index contributed by atoms with van der Waals surface area (Å²) in [5.41, 5.74) is 2.65. The molecular formula is C23H13Cl2I2NO3. The highest BCUT2D eigenvalue weighted by molar-refractivity contribution is 14.1. The molecule has 1 aliphatic rings. The van der Waals surface area contributed by atoms with Gasteiger partial charge in [0.25, 0.3) is 0 Å². The van der Waals surface area contributed by atoms with Gasteiger partial charge in [-0.2, -0.15) is 0 Å². The molecule has 0 spiro atoms. The molecule has 156 valence electrons. The van der Waals surface area contributed by atoms with Gasteiger partial charge in [0.1, 0.15) is 12.4 Å². The van der Waals surface area contributed by atoms with Gasteiger partial charge in [0.2, 0.25) is 5.90 Å². The van der Waals surface area contributed by atoms with Crippen molar-refractivity contribution in [1.82, 2.24) is 0 Å². The van der Waals surface area contributed by atoms with Gasteiger partial charge in [0, 0.05) is 5.02 Å². The number of hydrogen-bond acceptors (Lipinski definition) is 4. The fourth-order valence-electron chi connectivity index (χ4n) is 2.85. The first-order chi connectivity index (χ1) is 14.9. The number of carbonyl (C=O) groups excluding carboxylic acids is 1. The van der Waals surface area contributed by atoms with Crippen LogP contribution in [-0.2, 0) is 16.1 Å². The number of esters is 1. The van der Waals surface area contributed by atoms with Gasteiger partial charge >= 0.3 is 5.97 Å². The van der Waals surface area contributed by atoms with Gasteiger partial charge < -0.3 is 9.47 Å². The van der Waals surface area contributed by atoms with Crippen molar-refractivity contribution < 1.29 is 14.3 Å². The summed E-state index contributed by atoms with van der Waals surface area (Å²) in [6.45, 7) is 0.432. The molecule has 1 aliphatic heterocycles. The molecular weight excluding hydrogens is 663 g/mol. The summed E-state index contributed by atoms with van der Waals surface area (Å²) in [7, 11) is 0. The lowest BCUT2D eigenvalue weighted by atomic mass is 10.2. The van der Waals surface area contributed by atoms with E-state index in [2.05, 4.69) is 50.2 Å². The van der Waals surface area contributed by atoms with Gasteiger partial charge in [-0.05, 0) is 98.8 Å². The van der Waals surface area contributed by atoms with Gasteiger partial charge in [0.05, 0.1) is 17.7 Å². The molecule has 0 aromatic heterocycles. The Morgan fingerprint density at radius 2 is 1.68 bits per heavy atom. The van der Waals surface area contributed by atoms with Crippen molar-refractivity contribution in [3.8, 4) is 5.75 Å². The smallest absolute Gasteiger partial charge is 0.363 e. The van der Waals surface area contributed by atoms with Crippen molar-refractivity contribution in [2.45, 2.75) is 6.61 Å². The van der Waals surface area contributed by atoms with Crippen LogP contribution in [0.25, 0.3) is 6.08 Å². The number of aliphatic imine (C=N–C) groups is 1. The molecule has 31 heavy (non-hydrogen) atoms. The van der Waals surface area contributed by atoms with Crippen LogP contribution in [0.1, 0.15) is 16.7 Å². The van der Waals surface area contributed by atoms with Crippen molar-refractivity contribution in [1.29, 1.82) is 0 Å². The zero-order chi connectivity index (χ0) is 22.0. The van der Waals surface area contributed by atoms with Crippen molar-refractivity contribution in [2.24, 2.45) is 4.99 Å². The van der Waals surface area contributed by atoms with E-state index in [1.54, 1.807) is 24.3 Å². The second-order valence-corrected chi connectivity index (χ2v) is 9.71. The van der Waals surface area contributed by atoms with E-state index in [1.165, 1.54) is 0 Å². The molecule has 0 fully saturated rings. The number of nitrogens with zero attached hydrogens (tertiary/aromatic N) is 1. The van der Waals surface area contributed by atoms with Crippen molar-refractivity contribution in [3.63, 3.8) is 0 Å². The molecule has 0 saturated carbocycles. The maximum atomic E-state index is 12.3. The van der Waals surface area contributed by atoms with Gasteiger partial charge in [-0.15, -0.1) is 0 Å². The van der Waals surface area contributed by atoms with E-state index < -0.39 is 5.97 Å². The van der Waals surface area contributed by atoms with Crippen LogP contribution in [0.3, 0.4) is 0 Å². The largest absolute Gasteiger partial charge is 0.487 e. The van der Waals surface area contributed by atoms with Crippen LogP contribution in [0, 0.1) is 7.14 Å². The van der Waals surface area contributed by atoms with Crippen LogP contribution in [0.5, 0.6) is 5.75 Å². The molecule has 0 unspecified atom stereocenters. The van der Waals surface area contributed by atoms with Crippen LogP contribution in [0.4, 0.5) is 0 Å². The molecule has 0 radical (unpaired) electrons.